The molecule has 178 valence electrons. The maximum atomic E-state index is 13.7. The van der Waals surface area contributed by atoms with Crippen LogP contribution in [0.15, 0.2) is 47.2 Å². The molecule has 7 nitrogen and oxygen atoms in total. The Morgan fingerprint density at radius 1 is 1.00 bits per heavy atom. The maximum Gasteiger partial charge on any atom is 0.270 e. The third-order valence-electron chi connectivity index (χ3n) is 6.08. The van der Waals surface area contributed by atoms with Crippen molar-refractivity contribution < 1.29 is 23.5 Å². The predicted octanol–water partition coefficient (Wildman–Crippen LogP) is 3.74. The lowest BCUT2D eigenvalue weighted by Crippen LogP contribution is -2.63. The van der Waals surface area contributed by atoms with E-state index in [9.17, 15) is 19.0 Å². The van der Waals surface area contributed by atoms with Gasteiger partial charge in [-0.2, -0.15) is 4.98 Å². The molecule has 10 heteroatoms. The fraction of sp³-hybridized carbons (Fsp3) is 0.435. The van der Waals surface area contributed by atoms with Crippen LogP contribution in [0.5, 0.6) is 0 Å². The molecular weight excluding hydrogens is 454 g/mol. The van der Waals surface area contributed by atoms with E-state index in [2.05, 4.69) is 20.4 Å². The Balaban J connectivity index is 0.00000306. The van der Waals surface area contributed by atoms with E-state index in [4.69, 9.17) is 4.52 Å². The summed E-state index contributed by atoms with van der Waals surface area (Å²) in [6.45, 7) is 6.90. The number of aromatic nitrogens is 3. The third kappa shape index (κ3) is 4.38. The van der Waals surface area contributed by atoms with Crippen molar-refractivity contribution in [3.63, 3.8) is 0 Å². The van der Waals surface area contributed by atoms with Crippen LogP contribution in [0.1, 0.15) is 50.3 Å². The number of rotatable bonds is 6. The van der Waals surface area contributed by atoms with Gasteiger partial charge < -0.3 is 20.1 Å². The van der Waals surface area contributed by atoms with E-state index >= 15 is 0 Å². The Bertz CT molecular complexity index is 1120. The summed E-state index contributed by atoms with van der Waals surface area (Å²) in [5.74, 6) is -2.70. The molecule has 0 aliphatic carbocycles. The lowest BCUT2D eigenvalue weighted by molar-refractivity contribution is -0.0770. The summed E-state index contributed by atoms with van der Waals surface area (Å²) in [5, 5.41) is 29.3. The molecule has 0 spiro atoms. The lowest BCUT2D eigenvalue weighted by Gasteiger charge is -2.52. The Labute approximate surface area is 196 Å². The third-order valence-corrected chi connectivity index (χ3v) is 6.08. The molecule has 1 aliphatic rings. The lowest BCUT2D eigenvalue weighted by atomic mass is 9.63. The van der Waals surface area contributed by atoms with Crippen molar-refractivity contribution in [3.05, 3.63) is 65.3 Å². The van der Waals surface area contributed by atoms with E-state index in [0.717, 1.165) is 6.92 Å². The number of nitrogens with one attached hydrogen (secondary N) is 1. The Morgan fingerprint density at radius 3 is 2.09 bits per heavy atom. The van der Waals surface area contributed by atoms with E-state index in [1.54, 1.807) is 12.3 Å². The molecule has 1 saturated heterocycles. The Morgan fingerprint density at radius 2 is 1.61 bits per heavy atom. The highest BCUT2D eigenvalue weighted by molar-refractivity contribution is 5.85. The van der Waals surface area contributed by atoms with Crippen LogP contribution in [-0.4, -0.2) is 38.4 Å². The van der Waals surface area contributed by atoms with E-state index in [-0.39, 0.29) is 29.7 Å². The molecule has 3 aromatic rings. The summed E-state index contributed by atoms with van der Waals surface area (Å²) >= 11 is 0. The molecule has 0 unspecified atom stereocenters. The fourth-order valence-electron chi connectivity index (χ4n) is 3.97. The maximum absolute atomic E-state index is 13.7. The average Bonchev–Trinajstić information content (AvgIpc) is 3.22. The van der Waals surface area contributed by atoms with Gasteiger partial charge in [0.05, 0.1) is 0 Å². The number of nitrogens with zero attached hydrogens (tertiary/aromatic N) is 3. The number of hydrogen-bond acceptors (Lipinski definition) is 7. The second kappa shape index (κ2) is 8.39. The van der Waals surface area contributed by atoms with Gasteiger partial charge in [-0.15, -0.1) is 12.4 Å². The highest BCUT2D eigenvalue weighted by Crippen LogP contribution is 2.48. The minimum absolute atomic E-state index is 0. The largest absolute Gasteiger partial charge is 0.381 e. The van der Waals surface area contributed by atoms with Crippen LogP contribution < -0.4 is 5.32 Å². The van der Waals surface area contributed by atoms with Gasteiger partial charge in [-0.25, -0.2) is 8.78 Å². The molecule has 3 N–H and O–H groups in total. The Kier molecular flexibility index (Phi) is 6.40. The van der Waals surface area contributed by atoms with Gasteiger partial charge in [0.15, 0.2) is 0 Å². The predicted molar refractivity (Wildman–Crippen MR) is 120 cm³/mol. The molecular formula is C23H27ClF2N4O3. The van der Waals surface area contributed by atoms with E-state index in [1.165, 1.54) is 44.3 Å². The first kappa shape index (κ1) is 25.2. The van der Waals surface area contributed by atoms with Crippen molar-refractivity contribution in [2.45, 2.75) is 44.8 Å². The molecule has 0 radical (unpaired) electrons. The average molecular weight is 481 g/mol. The van der Waals surface area contributed by atoms with Crippen molar-refractivity contribution >= 4 is 12.4 Å². The summed E-state index contributed by atoms with van der Waals surface area (Å²) in [5.41, 5.74) is -2.08. The molecule has 2 aromatic heterocycles. The highest BCUT2D eigenvalue weighted by atomic mass is 35.5. The smallest absolute Gasteiger partial charge is 0.270 e. The van der Waals surface area contributed by atoms with Crippen LogP contribution >= 0.6 is 12.4 Å². The van der Waals surface area contributed by atoms with Crippen LogP contribution in [0.3, 0.4) is 0 Å². The van der Waals surface area contributed by atoms with Gasteiger partial charge >= 0.3 is 0 Å². The molecule has 33 heavy (non-hydrogen) atoms. The van der Waals surface area contributed by atoms with Crippen molar-refractivity contribution in [2.75, 3.05) is 13.1 Å². The topological polar surface area (TPSA) is 104 Å². The quantitative estimate of drug-likeness (QED) is 0.493. The minimum Gasteiger partial charge on any atom is -0.381 e. The molecule has 0 bridgehead atoms. The molecule has 1 aliphatic heterocycles. The van der Waals surface area contributed by atoms with Crippen LogP contribution in [0, 0.1) is 5.41 Å². The summed E-state index contributed by atoms with van der Waals surface area (Å²) in [7, 11) is 0. The molecule has 4 rings (SSSR count). The van der Waals surface area contributed by atoms with Crippen molar-refractivity contribution in [1.82, 2.24) is 20.4 Å². The first-order valence-corrected chi connectivity index (χ1v) is 10.3. The van der Waals surface area contributed by atoms with Crippen molar-refractivity contribution in [3.8, 4) is 11.4 Å². The summed E-state index contributed by atoms with van der Waals surface area (Å²) in [4.78, 5) is 8.51. The molecule has 3 heterocycles. The van der Waals surface area contributed by atoms with E-state index in [1.807, 2.05) is 6.92 Å². The molecule has 0 saturated carbocycles. The zero-order valence-corrected chi connectivity index (χ0v) is 19.6. The first-order valence-electron chi connectivity index (χ1n) is 10.3. The van der Waals surface area contributed by atoms with Gasteiger partial charge in [0, 0.05) is 54.5 Å². The molecule has 1 fully saturated rings. The van der Waals surface area contributed by atoms with Gasteiger partial charge in [-0.05, 0) is 25.5 Å². The fourth-order valence-corrected chi connectivity index (χ4v) is 3.97. The number of alkyl halides is 2. The van der Waals surface area contributed by atoms with E-state index < -0.39 is 22.5 Å². The van der Waals surface area contributed by atoms with Crippen molar-refractivity contribution in [2.24, 2.45) is 5.41 Å². The van der Waals surface area contributed by atoms with Crippen LogP contribution in [0.2, 0.25) is 0 Å². The van der Waals surface area contributed by atoms with Gasteiger partial charge in [-0.3, -0.25) is 4.98 Å². The summed E-state index contributed by atoms with van der Waals surface area (Å²) in [6, 6.07) is 7.44. The van der Waals surface area contributed by atoms with Crippen LogP contribution in [-0.2, 0) is 17.1 Å². The SMILES string of the molecule is CC(C)(O)c1nc(-c2cncc([C@@](O)(c3ccc(C(C)(F)F)cc3)C3(C)CNC3)c2)no1.Cl. The number of halogens is 3. The first-order chi connectivity index (χ1) is 14.8. The summed E-state index contributed by atoms with van der Waals surface area (Å²) in [6.07, 6.45) is 3.08. The second-order valence-electron chi connectivity index (χ2n) is 9.28. The number of benzene rings is 1. The number of pyridine rings is 1. The zero-order valence-electron chi connectivity index (χ0n) is 18.8. The zero-order chi connectivity index (χ0) is 23.4. The van der Waals surface area contributed by atoms with Gasteiger partial charge in [0.1, 0.15) is 11.2 Å². The molecule has 0 amide bonds. The molecule has 1 aromatic carbocycles. The monoisotopic (exact) mass is 480 g/mol. The number of hydrogen-bond donors (Lipinski definition) is 3. The van der Waals surface area contributed by atoms with Crippen LogP contribution in [0.25, 0.3) is 11.4 Å². The Hall–Kier alpha value is -2.46. The normalized spacial score (nSPS) is 17.6. The minimum atomic E-state index is -2.98. The number of aliphatic hydroxyl groups is 2. The second-order valence-corrected chi connectivity index (χ2v) is 9.28. The van der Waals surface area contributed by atoms with Gasteiger partial charge in [0.2, 0.25) is 5.82 Å². The standard InChI is InChI=1S/C23H26F2N4O3.ClH/c1-20(2,30)19-28-18(29-32-19)14-9-17(11-26-10-14)23(31,21(3)12-27-13-21)16-7-5-15(6-8-16)22(4,24)25;/h5-11,27,30-31H,12-13H2,1-4H3;1H/t23-;/m0./s1. The molecule has 1 atom stereocenters. The van der Waals surface area contributed by atoms with Gasteiger partial charge in [-0.1, -0.05) is 36.3 Å². The van der Waals surface area contributed by atoms with Crippen molar-refractivity contribution in [1.29, 1.82) is 0 Å². The van der Waals surface area contributed by atoms with Gasteiger partial charge in [0.25, 0.3) is 11.8 Å². The van der Waals surface area contributed by atoms with E-state index in [0.29, 0.717) is 29.8 Å². The highest BCUT2D eigenvalue weighted by Gasteiger charge is 2.53. The summed E-state index contributed by atoms with van der Waals surface area (Å²) < 4.78 is 32.6. The van der Waals surface area contributed by atoms with Crippen LogP contribution in [0.4, 0.5) is 8.78 Å².